The van der Waals surface area contributed by atoms with Crippen LogP contribution in [0.25, 0.3) is 0 Å². The Morgan fingerprint density at radius 2 is 1.85 bits per heavy atom. The third-order valence-electron chi connectivity index (χ3n) is 3.24. The van der Waals surface area contributed by atoms with Crippen LogP contribution in [-0.4, -0.2) is 22.6 Å². The van der Waals surface area contributed by atoms with Gasteiger partial charge >= 0.3 is 6.18 Å². The normalized spacial score (nSPS) is 20.8. The minimum absolute atomic E-state index is 0.0210. The molecular formula is C13H14ClF3N2O. The van der Waals surface area contributed by atoms with E-state index in [0.717, 1.165) is 5.01 Å². The van der Waals surface area contributed by atoms with Gasteiger partial charge in [0.2, 0.25) is 5.91 Å². The zero-order chi connectivity index (χ0) is 15.1. The maximum Gasteiger partial charge on any atom is 0.409 e. The summed E-state index contributed by atoms with van der Waals surface area (Å²) in [6.45, 7) is 3.19. The van der Waals surface area contributed by atoms with E-state index in [1.807, 2.05) is 0 Å². The van der Waals surface area contributed by atoms with E-state index < -0.39 is 23.7 Å². The molecule has 0 aromatic heterocycles. The smallest absolute Gasteiger partial charge is 0.287 e. The Morgan fingerprint density at radius 1 is 1.30 bits per heavy atom. The first-order valence-corrected chi connectivity index (χ1v) is 6.40. The molecule has 0 radical (unpaired) electrons. The van der Waals surface area contributed by atoms with E-state index in [1.165, 1.54) is 24.3 Å². The lowest BCUT2D eigenvalue weighted by Gasteiger charge is -2.37. The molecule has 1 amide bonds. The third kappa shape index (κ3) is 2.91. The molecule has 1 heterocycles. The Morgan fingerprint density at radius 3 is 2.25 bits per heavy atom. The SMILES string of the molecule is CC1(C)CC(=O)NN1C(c1ccc(Cl)cc1)C(F)(F)F. The maximum absolute atomic E-state index is 13.4. The lowest BCUT2D eigenvalue weighted by Crippen LogP contribution is -2.51. The number of amides is 1. The largest absolute Gasteiger partial charge is 0.409 e. The Bertz CT molecular complexity index is 513. The first kappa shape index (κ1) is 15.1. The van der Waals surface area contributed by atoms with E-state index in [2.05, 4.69) is 5.43 Å². The molecule has 0 bridgehead atoms. The number of carbonyl (C=O) groups is 1. The summed E-state index contributed by atoms with van der Waals surface area (Å²) in [6.07, 6.45) is -4.49. The van der Waals surface area contributed by atoms with Crippen molar-refractivity contribution in [1.82, 2.24) is 10.4 Å². The van der Waals surface area contributed by atoms with E-state index in [9.17, 15) is 18.0 Å². The monoisotopic (exact) mass is 306 g/mol. The van der Waals surface area contributed by atoms with Gasteiger partial charge in [0.1, 0.15) is 0 Å². The quantitative estimate of drug-likeness (QED) is 0.907. The molecule has 2 rings (SSSR count). The van der Waals surface area contributed by atoms with E-state index in [4.69, 9.17) is 11.6 Å². The van der Waals surface area contributed by atoms with Crippen molar-refractivity contribution < 1.29 is 18.0 Å². The van der Waals surface area contributed by atoms with Crippen molar-refractivity contribution in [3.05, 3.63) is 34.9 Å². The molecule has 3 nitrogen and oxygen atoms in total. The lowest BCUT2D eigenvalue weighted by molar-refractivity contribution is -0.203. The number of carbonyl (C=O) groups excluding carboxylic acids is 1. The Labute approximate surface area is 119 Å². The van der Waals surface area contributed by atoms with Crippen LogP contribution in [0.3, 0.4) is 0 Å². The van der Waals surface area contributed by atoms with Gasteiger partial charge in [-0.2, -0.15) is 18.2 Å². The average molecular weight is 307 g/mol. The second-order valence-corrected chi connectivity index (χ2v) is 5.83. The van der Waals surface area contributed by atoms with Gasteiger partial charge in [0.15, 0.2) is 6.04 Å². The highest BCUT2D eigenvalue weighted by atomic mass is 35.5. The molecule has 0 saturated carbocycles. The van der Waals surface area contributed by atoms with Crippen LogP contribution in [0.4, 0.5) is 13.2 Å². The number of halogens is 4. The molecule has 20 heavy (non-hydrogen) atoms. The molecule has 1 aromatic carbocycles. The zero-order valence-electron chi connectivity index (χ0n) is 11.0. The van der Waals surface area contributed by atoms with Gasteiger partial charge in [0.05, 0.1) is 0 Å². The molecule has 1 N–H and O–H groups in total. The number of hydrogen-bond acceptors (Lipinski definition) is 2. The van der Waals surface area contributed by atoms with Crippen LogP contribution in [0.1, 0.15) is 31.9 Å². The van der Waals surface area contributed by atoms with Gasteiger partial charge in [-0.05, 0) is 31.5 Å². The average Bonchev–Trinajstić information content (AvgIpc) is 2.53. The van der Waals surface area contributed by atoms with Gasteiger partial charge in [-0.1, -0.05) is 23.7 Å². The van der Waals surface area contributed by atoms with Gasteiger partial charge in [-0.3, -0.25) is 10.2 Å². The van der Waals surface area contributed by atoms with Crippen LogP contribution in [0.5, 0.6) is 0 Å². The number of nitrogens with zero attached hydrogens (tertiary/aromatic N) is 1. The summed E-state index contributed by atoms with van der Waals surface area (Å²) < 4.78 is 40.2. The van der Waals surface area contributed by atoms with E-state index in [-0.39, 0.29) is 12.0 Å². The summed E-state index contributed by atoms with van der Waals surface area (Å²) in [7, 11) is 0. The van der Waals surface area contributed by atoms with Crippen molar-refractivity contribution in [2.24, 2.45) is 0 Å². The molecule has 110 valence electrons. The summed E-state index contributed by atoms with van der Waals surface area (Å²) in [5, 5.41) is 1.33. The highest BCUT2D eigenvalue weighted by molar-refractivity contribution is 6.30. The summed E-state index contributed by atoms with van der Waals surface area (Å²) in [5.41, 5.74) is 1.42. The number of hydrazine groups is 1. The minimum atomic E-state index is -4.51. The highest BCUT2D eigenvalue weighted by Gasteiger charge is 2.52. The number of alkyl halides is 3. The van der Waals surface area contributed by atoms with E-state index >= 15 is 0 Å². The van der Waals surface area contributed by atoms with Gasteiger partial charge in [-0.15, -0.1) is 0 Å². The zero-order valence-corrected chi connectivity index (χ0v) is 11.7. The van der Waals surface area contributed by atoms with Crippen molar-refractivity contribution in [3.8, 4) is 0 Å². The molecule has 1 atom stereocenters. The van der Waals surface area contributed by atoms with Gasteiger partial charge in [-0.25, -0.2) is 0 Å². The lowest BCUT2D eigenvalue weighted by atomic mass is 9.97. The number of benzene rings is 1. The van der Waals surface area contributed by atoms with Crippen molar-refractivity contribution in [1.29, 1.82) is 0 Å². The Hall–Kier alpha value is -1.27. The summed E-state index contributed by atoms with van der Waals surface area (Å²) in [4.78, 5) is 11.4. The molecule has 0 spiro atoms. The van der Waals surface area contributed by atoms with E-state index in [1.54, 1.807) is 13.8 Å². The predicted molar refractivity (Wildman–Crippen MR) is 68.9 cm³/mol. The standard InChI is InChI=1S/C13H14ClF3N2O/c1-12(2)7-10(20)18-19(12)11(13(15,16)17)8-3-5-9(14)6-4-8/h3-6,11H,7H2,1-2H3,(H,18,20). The second kappa shape index (κ2) is 4.93. The Balaban J connectivity index is 2.44. The number of hydrogen-bond donors (Lipinski definition) is 1. The van der Waals surface area contributed by atoms with Gasteiger partial charge < -0.3 is 0 Å². The Kier molecular flexibility index (Phi) is 3.73. The van der Waals surface area contributed by atoms with Crippen LogP contribution >= 0.6 is 11.6 Å². The fraction of sp³-hybridized carbons (Fsp3) is 0.462. The maximum atomic E-state index is 13.4. The van der Waals surface area contributed by atoms with Gasteiger partial charge in [0.25, 0.3) is 0 Å². The number of rotatable bonds is 2. The molecule has 1 aliphatic heterocycles. The predicted octanol–water partition coefficient (Wildman–Crippen LogP) is 3.46. The molecule has 0 aliphatic carbocycles. The van der Waals surface area contributed by atoms with Crippen LogP contribution in [-0.2, 0) is 4.79 Å². The topological polar surface area (TPSA) is 32.3 Å². The fourth-order valence-corrected chi connectivity index (χ4v) is 2.47. The van der Waals surface area contributed by atoms with Crippen molar-refractivity contribution >= 4 is 17.5 Å². The van der Waals surface area contributed by atoms with Crippen LogP contribution < -0.4 is 5.43 Å². The van der Waals surface area contributed by atoms with Crippen molar-refractivity contribution in [2.75, 3.05) is 0 Å². The van der Waals surface area contributed by atoms with Crippen molar-refractivity contribution in [3.63, 3.8) is 0 Å². The summed E-state index contributed by atoms with van der Waals surface area (Å²) in [6, 6.07) is 3.55. The van der Waals surface area contributed by atoms with Crippen LogP contribution in [0.2, 0.25) is 5.02 Å². The first-order chi connectivity index (χ1) is 9.11. The summed E-state index contributed by atoms with van der Waals surface area (Å²) >= 11 is 5.70. The molecule has 1 unspecified atom stereocenters. The van der Waals surface area contributed by atoms with Gasteiger partial charge in [0, 0.05) is 17.0 Å². The second-order valence-electron chi connectivity index (χ2n) is 5.39. The summed E-state index contributed by atoms with van der Waals surface area (Å²) in [5.74, 6) is -0.418. The first-order valence-electron chi connectivity index (χ1n) is 6.02. The molecular weight excluding hydrogens is 293 g/mol. The minimum Gasteiger partial charge on any atom is -0.287 e. The van der Waals surface area contributed by atoms with Crippen molar-refractivity contribution in [2.45, 2.75) is 38.0 Å². The van der Waals surface area contributed by atoms with E-state index in [0.29, 0.717) is 5.02 Å². The molecule has 1 aliphatic rings. The molecule has 1 aromatic rings. The van der Waals surface area contributed by atoms with Crippen LogP contribution in [0, 0.1) is 0 Å². The number of nitrogens with one attached hydrogen (secondary N) is 1. The fourth-order valence-electron chi connectivity index (χ4n) is 2.35. The molecule has 1 fully saturated rings. The molecule has 7 heteroatoms. The molecule has 1 saturated heterocycles. The third-order valence-corrected chi connectivity index (χ3v) is 3.50. The van der Waals surface area contributed by atoms with Crippen LogP contribution in [0.15, 0.2) is 24.3 Å². The highest BCUT2D eigenvalue weighted by Crippen LogP contribution is 2.42.